The third kappa shape index (κ3) is 7.63. The van der Waals surface area contributed by atoms with Crippen molar-refractivity contribution in [1.82, 2.24) is 24.9 Å². The molecule has 4 rings (SSSR count). The fraction of sp³-hybridized carbons (Fsp3) is 0.429. The first-order valence-corrected chi connectivity index (χ1v) is 14.5. The molecule has 3 heterocycles. The van der Waals surface area contributed by atoms with Crippen LogP contribution in [0, 0.1) is 22.7 Å². The highest BCUT2D eigenvalue weighted by atomic mass is 35.5. The normalized spacial score (nSPS) is 16.5. The summed E-state index contributed by atoms with van der Waals surface area (Å²) in [5, 5.41) is 32.8. The van der Waals surface area contributed by atoms with Gasteiger partial charge < -0.3 is 40.8 Å². The van der Waals surface area contributed by atoms with Crippen molar-refractivity contribution < 1.29 is 28.6 Å². The Morgan fingerprint density at radius 2 is 2.00 bits per heavy atom. The average molecular weight is 654 g/mol. The minimum Gasteiger partial charge on any atom is -0.468 e. The van der Waals surface area contributed by atoms with Gasteiger partial charge in [0.1, 0.15) is 18.2 Å². The zero-order valence-corrected chi connectivity index (χ0v) is 26.0. The minimum absolute atomic E-state index is 0.000393. The highest BCUT2D eigenvalue weighted by Gasteiger charge is 2.35. The molecule has 1 fully saturated rings. The number of hydrogen-bond donors (Lipinski definition) is 4. The van der Waals surface area contributed by atoms with Crippen LogP contribution in [0.25, 0.3) is 5.65 Å². The lowest BCUT2D eigenvalue weighted by Gasteiger charge is -2.39. The molecule has 5 N–H and O–H groups in total. The third-order valence-corrected chi connectivity index (χ3v) is 7.48. The Hall–Kier alpha value is -5.39. The lowest BCUT2D eigenvalue weighted by Crippen LogP contribution is -2.55. The number of hydrogen-bond acceptors (Lipinski definition) is 15. The van der Waals surface area contributed by atoms with Gasteiger partial charge in [0.2, 0.25) is 5.95 Å². The lowest BCUT2D eigenvalue weighted by molar-refractivity contribution is -0.151. The number of nitrogens with zero attached hydrogens (tertiary/aromatic N) is 7. The van der Waals surface area contributed by atoms with E-state index in [0.717, 1.165) is 0 Å². The number of carbonyl (C=O) groups is 3. The monoisotopic (exact) mass is 653 g/mol. The van der Waals surface area contributed by atoms with Gasteiger partial charge in [-0.25, -0.2) is 9.78 Å². The van der Waals surface area contributed by atoms with Crippen LogP contribution in [-0.2, 0) is 23.8 Å². The largest absolute Gasteiger partial charge is 0.468 e. The van der Waals surface area contributed by atoms with Crippen molar-refractivity contribution in [2.45, 2.75) is 44.4 Å². The number of nitrogens with two attached hydrogens (primary N) is 1. The van der Waals surface area contributed by atoms with E-state index in [1.165, 1.54) is 31.0 Å². The van der Waals surface area contributed by atoms with E-state index in [1.54, 1.807) is 6.07 Å². The second-order valence-corrected chi connectivity index (χ2v) is 10.5. The van der Waals surface area contributed by atoms with Crippen LogP contribution in [0.2, 0.25) is 5.02 Å². The van der Waals surface area contributed by atoms with E-state index in [9.17, 15) is 24.9 Å². The summed E-state index contributed by atoms with van der Waals surface area (Å²) in [5.74, 6) is -0.829. The van der Waals surface area contributed by atoms with E-state index in [-0.39, 0.29) is 41.6 Å². The first kappa shape index (κ1) is 33.5. The maximum atomic E-state index is 12.8. The minimum atomic E-state index is -0.998. The average Bonchev–Trinajstić information content (AvgIpc) is 3.48. The molecule has 1 aliphatic rings. The maximum absolute atomic E-state index is 12.8. The number of nitriles is 2. The number of alkyl carbamates (subject to hydrolysis) is 1. The number of piperidine rings is 1. The van der Waals surface area contributed by atoms with E-state index < -0.39 is 36.2 Å². The number of amides is 1. The SMILES string of the molecule is CCNc1nc(Nc2cc(C#N)cc(N3CCC(NC(=O)OC)C(OC(=O)CCC(N)C(=O)OC)C3)c2Cl)nn2c(C#N)cnc12. The van der Waals surface area contributed by atoms with Gasteiger partial charge in [0.25, 0.3) is 0 Å². The Labute approximate surface area is 268 Å². The van der Waals surface area contributed by atoms with Crippen molar-refractivity contribution in [1.29, 1.82) is 10.5 Å². The van der Waals surface area contributed by atoms with E-state index >= 15 is 0 Å². The van der Waals surface area contributed by atoms with Gasteiger partial charge in [-0.1, -0.05) is 11.6 Å². The van der Waals surface area contributed by atoms with Gasteiger partial charge in [0.15, 0.2) is 17.2 Å². The van der Waals surface area contributed by atoms with Crippen molar-refractivity contribution in [3.8, 4) is 12.1 Å². The Morgan fingerprint density at radius 3 is 2.67 bits per heavy atom. The molecule has 1 saturated heterocycles. The van der Waals surface area contributed by atoms with Crippen molar-refractivity contribution >= 4 is 58.4 Å². The molecule has 3 unspecified atom stereocenters. The van der Waals surface area contributed by atoms with Gasteiger partial charge in [-0.2, -0.15) is 20.0 Å². The molecule has 1 amide bonds. The van der Waals surface area contributed by atoms with E-state index in [0.29, 0.717) is 42.4 Å². The molecule has 1 aliphatic heterocycles. The van der Waals surface area contributed by atoms with Gasteiger partial charge in [0.05, 0.1) is 61.0 Å². The van der Waals surface area contributed by atoms with E-state index in [1.807, 2.05) is 17.9 Å². The predicted octanol–water partition coefficient (Wildman–Crippen LogP) is 1.82. The molecule has 1 aromatic carbocycles. The molecule has 17 nitrogen and oxygen atoms in total. The van der Waals surface area contributed by atoms with Crippen LogP contribution < -0.4 is 26.6 Å². The molecule has 0 saturated carbocycles. The number of anilines is 4. The van der Waals surface area contributed by atoms with Crippen LogP contribution in [-0.4, -0.2) is 89.7 Å². The molecule has 3 aromatic rings. The molecule has 46 heavy (non-hydrogen) atoms. The second kappa shape index (κ2) is 15.1. The van der Waals surface area contributed by atoms with Gasteiger partial charge >= 0.3 is 18.0 Å². The summed E-state index contributed by atoms with van der Waals surface area (Å²) in [6.07, 6.45) is -0.0125. The fourth-order valence-electron chi connectivity index (χ4n) is 4.81. The molecule has 0 bridgehead atoms. The van der Waals surface area contributed by atoms with Gasteiger partial charge in [-0.15, -0.1) is 5.10 Å². The predicted molar refractivity (Wildman–Crippen MR) is 164 cm³/mol. The molecular weight excluding hydrogens is 622 g/mol. The first-order valence-electron chi connectivity index (χ1n) is 14.1. The van der Waals surface area contributed by atoms with E-state index in [2.05, 4.69) is 41.8 Å². The number of aromatic nitrogens is 4. The summed E-state index contributed by atoms with van der Waals surface area (Å²) >= 11 is 6.89. The van der Waals surface area contributed by atoms with Crippen molar-refractivity contribution in [3.05, 3.63) is 34.6 Å². The summed E-state index contributed by atoms with van der Waals surface area (Å²) in [5.41, 5.74) is 7.30. The van der Waals surface area contributed by atoms with Crippen LogP contribution in [0.15, 0.2) is 18.3 Å². The summed E-state index contributed by atoms with van der Waals surface area (Å²) in [4.78, 5) is 47.0. The Kier molecular flexibility index (Phi) is 11.0. The maximum Gasteiger partial charge on any atom is 0.407 e. The molecular formula is C28H32ClN11O6. The number of halogens is 1. The summed E-state index contributed by atoms with van der Waals surface area (Å²) in [7, 11) is 2.42. The number of imidazole rings is 1. The number of nitrogens with one attached hydrogen (secondary N) is 3. The summed E-state index contributed by atoms with van der Waals surface area (Å²) in [6.45, 7) is 2.86. The van der Waals surface area contributed by atoms with Crippen molar-refractivity contribution in [3.63, 3.8) is 0 Å². The molecule has 0 spiro atoms. The van der Waals surface area contributed by atoms with Crippen molar-refractivity contribution in [2.75, 3.05) is 49.4 Å². The standard InChI is InChI=1S/C28H32ClN11O6/c1-4-33-24-25-34-13-16(12-31)40(25)38-27(37-24)35-19-9-15(11-30)10-20(23(19)29)39-8-7-18(36-28(43)45-3)21(14-39)46-22(41)6-5-17(32)26(42)44-2/h9-10,13,17-18,21H,4-8,14,32H2,1-3H3,(H,36,43)(H2,33,35,37,38). The highest BCUT2D eigenvalue weighted by molar-refractivity contribution is 6.36. The van der Waals surface area contributed by atoms with Gasteiger partial charge in [0, 0.05) is 19.5 Å². The topological polar surface area (TPSA) is 235 Å². The third-order valence-electron chi connectivity index (χ3n) is 7.08. The molecule has 2 aromatic heterocycles. The zero-order chi connectivity index (χ0) is 33.4. The highest BCUT2D eigenvalue weighted by Crippen LogP contribution is 2.37. The number of esters is 2. The Balaban J connectivity index is 1.62. The number of methoxy groups -OCH3 is 2. The smallest absolute Gasteiger partial charge is 0.407 e. The molecule has 242 valence electrons. The lowest BCUT2D eigenvalue weighted by atomic mass is 10.00. The quantitative estimate of drug-likeness (QED) is 0.171. The molecule has 3 atom stereocenters. The molecule has 18 heteroatoms. The molecule has 0 radical (unpaired) electrons. The second-order valence-electron chi connectivity index (χ2n) is 10.1. The van der Waals surface area contributed by atoms with Crippen molar-refractivity contribution in [2.24, 2.45) is 5.73 Å². The Bertz CT molecular complexity index is 1700. The number of fused-ring (bicyclic) bond motifs is 1. The van der Waals surface area contributed by atoms with Crippen LogP contribution >= 0.6 is 11.6 Å². The Morgan fingerprint density at radius 1 is 1.22 bits per heavy atom. The summed E-state index contributed by atoms with van der Waals surface area (Å²) < 4.78 is 16.4. The van der Waals surface area contributed by atoms with Crippen LogP contribution in [0.4, 0.5) is 27.9 Å². The van der Waals surface area contributed by atoms with E-state index in [4.69, 9.17) is 26.8 Å². The van der Waals surface area contributed by atoms with Crippen LogP contribution in [0.5, 0.6) is 0 Å². The van der Waals surface area contributed by atoms with Gasteiger partial charge in [-0.05, 0) is 31.9 Å². The summed E-state index contributed by atoms with van der Waals surface area (Å²) in [6, 6.07) is 5.66. The number of ether oxygens (including phenoxy) is 3. The zero-order valence-electron chi connectivity index (χ0n) is 25.2. The fourth-order valence-corrected chi connectivity index (χ4v) is 5.09. The van der Waals surface area contributed by atoms with Gasteiger partial charge in [-0.3, -0.25) is 9.59 Å². The number of rotatable bonds is 11. The number of carbonyl (C=O) groups excluding carboxylic acids is 3. The van der Waals surface area contributed by atoms with Crippen LogP contribution in [0.3, 0.4) is 0 Å². The first-order chi connectivity index (χ1) is 22.1. The van der Waals surface area contributed by atoms with Crippen LogP contribution in [0.1, 0.15) is 37.4 Å². The number of benzene rings is 1. The molecule has 0 aliphatic carbocycles.